The average molecular weight is 342 g/mol. The first-order chi connectivity index (χ1) is 12.1. The molecule has 0 aliphatic heterocycles. The van der Waals surface area contributed by atoms with Crippen LogP contribution in [0.5, 0.6) is 11.5 Å². The lowest BCUT2D eigenvalue weighted by atomic mass is 10.0. The fraction of sp³-hybridized carbons (Fsp3) is 0.381. The number of benzene rings is 2. The van der Waals surface area contributed by atoms with Crippen LogP contribution in [0.25, 0.3) is 0 Å². The van der Waals surface area contributed by atoms with Crippen LogP contribution in [-0.2, 0) is 11.3 Å². The largest absolute Gasteiger partial charge is 0.555 e. The summed E-state index contributed by atoms with van der Waals surface area (Å²) in [6.45, 7) is 4.52. The highest BCUT2D eigenvalue weighted by atomic mass is 17.2. The number of hydrogen-bond donors (Lipinski definition) is 0. The van der Waals surface area contributed by atoms with Gasteiger partial charge in [0, 0.05) is 0 Å². The van der Waals surface area contributed by atoms with Crippen LogP contribution in [0.4, 0.5) is 4.79 Å². The zero-order valence-electron chi connectivity index (χ0n) is 14.9. The molecule has 2 rings (SSSR count). The van der Waals surface area contributed by atoms with E-state index in [4.69, 9.17) is 9.62 Å². The number of para-hydroxylation sites is 1. The van der Waals surface area contributed by atoms with Crippen LogP contribution in [-0.4, -0.2) is 6.16 Å². The fourth-order valence-corrected chi connectivity index (χ4v) is 2.45. The predicted octanol–water partition coefficient (Wildman–Crippen LogP) is 5.95. The van der Waals surface area contributed by atoms with E-state index in [0.29, 0.717) is 11.5 Å². The number of rotatable bonds is 9. The summed E-state index contributed by atoms with van der Waals surface area (Å²) in [6.07, 6.45) is 5.15. The molecule has 0 radical (unpaired) electrons. The number of ether oxygens (including phenoxy) is 1. The van der Waals surface area contributed by atoms with Crippen molar-refractivity contribution in [3.63, 3.8) is 0 Å². The van der Waals surface area contributed by atoms with Crippen LogP contribution in [0.3, 0.4) is 0 Å². The molecule has 0 aliphatic rings. The molecule has 0 saturated carbocycles. The third kappa shape index (κ3) is 7.75. The molecule has 0 amide bonds. The Morgan fingerprint density at radius 3 is 2.28 bits per heavy atom. The first kappa shape index (κ1) is 18.8. The normalized spacial score (nSPS) is 10.5. The average Bonchev–Trinajstić information content (AvgIpc) is 2.62. The highest BCUT2D eigenvalue weighted by Crippen LogP contribution is 2.16. The summed E-state index contributed by atoms with van der Waals surface area (Å²) in [5.41, 5.74) is 1.24. The van der Waals surface area contributed by atoms with Crippen LogP contribution in [0.1, 0.15) is 45.1 Å². The monoisotopic (exact) mass is 342 g/mol. The van der Waals surface area contributed by atoms with E-state index >= 15 is 0 Å². The maximum Gasteiger partial charge on any atom is 0.555 e. The molecule has 0 fully saturated rings. The van der Waals surface area contributed by atoms with Gasteiger partial charge in [0.05, 0.1) is 0 Å². The lowest BCUT2D eigenvalue weighted by molar-refractivity contribution is -0.157. The van der Waals surface area contributed by atoms with Crippen molar-refractivity contribution in [1.82, 2.24) is 0 Å². The highest BCUT2D eigenvalue weighted by Gasteiger charge is 2.08. The van der Waals surface area contributed by atoms with E-state index < -0.39 is 6.16 Å². The number of carbonyl (C=O) groups is 1. The van der Waals surface area contributed by atoms with E-state index in [1.165, 1.54) is 31.2 Å². The highest BCUT2D eigenvalue weighted by molar-refractivity contribution is 5.63. The van der Waals surface area contributed by atoms with Gasteiger partial charge in [0.2, 0.25) is 0 Å². The minimum atomic E-state index is -0.898. The molecule has 0 aromatic heterocycles. The van der Waals surface area contributed by atoms with Crippen LogP contribution in [0, 0.1) is 5.92 Å². The summed E-state index contributed by atoms with van der Waals surface area (Å²) < 4.78 is 5.07. The molecule has 0 bridgehead atoms. The van der Waals surface area contributed by atoms with Gasteiger partial charge in [0.25, 0.3) is 0 Å². The first-order valence-corrected chi connectivity index (χ1v) is 8.84. The molecular weight excluding hydrogens is 316 g/mol. The lowest BCUT2D eigenvalue weighted by Gasteiger charge is -2.07. The minimum absolute atomic E-state index is 0.435. The van der Waals surface area contributed by atoms with Gasteiger partial charge >= 0.3 is 6.16 Å². The van der Waals surface area contributed by atoms with Gasteiger partial charge in [-0.1, -0.05) is 63.4 Å². The van der Waals surface area contributed by atoms with E-state index in [1.54, 1.807) is 36.4 Å². The van der Waals surface area contributed by atoms with Crippen LogP contribution in [0.15, 0.2) is 54.6 Å². The molecule has 2 aromatic rings. The van der Waals surface area contributed by atoms with Crippen LogP contribution >= 0.6 is 0 Å². The molecule has 0 unspecified atom stereocenters. The Balaban J connectivity index is 1.68. The summed E-state index contributed by atoms with van der Waals surface area (Å²) >= 11 is 0. The number of unbranched alkanes of at least 4 members (excludes halogenated alkanes) is 2. The summed E-state index contributed by atoms with van der Waals surface area (Å²) in [4.78, 5) is 21.1. The summed E-state index contributed by atoms with van der Waals surface area (Å²) in [7, 11) is 0. The van der Waals surface area contributed by atoms with E-state index in [2.05, 4.69) is 18.7 Å². The zero-order valence-corrected chi connectivity index (χ0v) is 14.9. The smallest absolute Gasteiger partial charge is 0.393 e. The van der Waals surface area contributed by atoms with E-state index in [0.717, 1.165) is 12.3 Å². The fourth-order valence-electron chi connectivity index (χ4n) is 2.45. The molecule has 2 aromatic carbocycles. The van der Waals surface area contributed by atoms with Crippen molar-refractivity contribution in [2.24, 2.45) is 5.92 Å². The first-order valence-electron chi connectivity index (χ1n) is 8.84. The Hall–Kier alpha value is -2.49. The zero-order chi connectivity index (χ0) is 17.9. The molecule has 134 valence electrons. The molecule has 4 heteroatoms. The molecule has 0 heterocycles. The van der Waals surface area contributed by atoms with Crippen molar-refractivity contribution in [1.29, 1.82) is 0 Å². The Morgan fingerprint density at radius 1 is 0.880 bits per heavy atom. The number of carbonyl (C=O) groups excluding carboxylic acids is 1. The predicted molar refractivity (Wildman–Crippen MR) is 97.6 cm³/mol. The Labute approximate surface area is 149 Å². The quantitative estimate of drug-likeness (QED) is 0.185. The van der Waals surface area contributed by atoms with Crippen molar-refractivity contribution in [3.05, 3.63) is 60.2 Å². The number of hydrogen-bond acceptors (Lipinski definition) is 4. The molecule has 0 atom stereocenters. The van der Waals surface area contributed by atoms with E-state index in [1.807, 2.05) is 18.2 Å². The Kier molecular flexibility index (Phi) is 7.83. The molecule has 0 saturated heterocycles. The maximum atomic E-state index is 11.6. The van der Waals surface area contributed by atoms with Gasteiger partial charge < -0.3 is 4.74 Å². The molecular formula is C21H26O4. The third-order valence-electron chi connectivity index (χ3n) is 3.82. The second-order valence-corrected chi connectivity index (χ2v) is 6.47. The van der Waals surface area contributed by atoms with Crippen LogP contribution in [0.2, 0.25) is 0 Å². The van der Waals surface area contributed by atoms with Crippen molar-refractivity contribution in [2.75, 3.05) is 0 Å². The molecule has 0 aliphatic carbocycles. The molecule has 0 spiro atoms. The topological polar surface area (TPSA) is 44.8 Å². The second kappa shape index (κ2) is 10.4. The Bertz CT molecular complexity index is 620. The summed E-state index contributed by atoms with van der Waals surface area (Å²) in [5.74, 6) is 1.65. The van der Waals surface area contributed by atoms with Gasteiger partial charge in [-0.2, -0.15) is 4.79 Å². The van der Waals surface area contributed by atoms with Gasteiger partial charge in [-0.25, -0.2) is 4.89 Å². The maximum absolute atomic E-state index is 11.6. The van der Waals surface area contributed by atoms with Gasteiger partial charge in [-0.15, -0.1) is 0 Å². The Morgan fingerprint density at radius 2 is 1.60 bits per heavy atom. The van der Waals surface area contributed by atoms with Crippen molar-refractivity contribution in [3.8, 4) is 11.5 Å². The lowest BCUT2D eigenvalue weighted by Crippen LogP contribution is -2.13. The summed E-state index contributed by atoms with van der Waals surface area (Å²) in [6, 6.07) is 16.3. The standard InChI is InChI=1S/C21H26O4/c1-17(2)9-5-3-6-10-18-13-15-19(16-14-18)23-21(22)25-24-20-11-7-4-8-12-20/h4,7-8,11-17H,3,5-6,9-10H2,1-2H3. The minimum Gasteiger partial charge on any atom is -0.393 e. The van der Waals surface area contributed by atoms with Gasteiger partial charge in [-0.05, 0) is 48.6 Å². The number of aryl methyl sites for hydroxylation is 1. The van der Waals surface area contributed by atoms with E-state index in [9.17, 15) is 4.79 Å². The van der Waals surface area contributed by atoms with Gasteiger partial charge in [-0.3, -0.25) is 4.89 Å². The summed E-state index contributed by atoms with van der Waals surface area (Å²) in [5, 5.41) is 0. The van der Waals surface area contributed by atoms with E-state index in [-0.39, 0.29) is 0 Å². The molecule has 4 nitrogen and oxygen atoms in total. The van der Waals surface area contributed by atoms with Crippen molar-refractivity contribution in [2.45, 2.75) is 46.0 Å². The molecule has 0 N–H and O–H groups in total. The SMILES string of the molecule is CC(C)CCCCCc1ccc(OC(=O)OOc2ccccc2)cc1. The van der Waals surface area contributed by atoms with Crippen molar-refractivity contribution < 1.29 is 19.3 Å². The molecule has 25 heavy (non-hydrogen) atoms. The van der Waals surface area contributed by atoms with Gasteiger partial charge in [0.15, 0.2) is 5.75 Å². The van der Waals surface area contributed by atoms with Crippen molar-refractivity contribution >= 4 is 6.16 Å². The van der Waals surface area contributed by atoms with Crippen LogP contribution < -0.4 is 9.62 Å². The second-order valence-electron chi connectivity index (χ2n) is 6.47. The van der Waals surface area contributed by atoms with Gasteiger partial charge in [0.1, 0.15) is 5.75 Å². The third-order valence-corrected chi connectivity index (χ3v) is 3.82.